The SMILES string of the molecule is CSCCC(N)C(=O)NC(C(=O)NC(CCC(=O)O)C(=O)NC(CC(C)C)C(=O)O)C(C)O. The van der Waals surface area contributed by atoms with Gasteiger partial charge in [0.05, 0.1) is 12.1 Å². The number of rotatable bonds is 16. The van der Waals surface area contributed by atoms with Crippen LogP contribution in [0.25, 0.3) is 0 Å². The molecule has 0 heterocycles. The van der Waals surface area contributed by atoms with Crippen LogP contribution in [0.2, 0.25) is 0 Å². The third-order valence-corrected chi connectivity index (χ3v) is 5.28. The van der Waals surface area contributed by atoms with Crippen LogP contribution >= 0.6 is 11.8 Å². The molecule has 0 saturated carbocycles. The maximum absolute atomic E-state index is 12.7. The second-order valence-corrected chi connectivity index (χ2v) is 9.12. The van der Waals surface area contributed by atoms with Gasteiger partial charge in [-0.3, -0.25) is 19.2 Å². The Hall–Kier alpha value is -2.38. The first kappa shape index (κ1) is 30.6. The molecule has 0 radical (unpaired) electrons. The number of carbonyl (C=O) groups is 5. The third-order valence-electron chi connectivity index (χ3n) is 4.63. The highest BCUT2D eigenvalue weighted by atomic mass is 32.2. The summed E-state index contributed by atoms with van der Waals surface area (Å²) in [5.41, 5.74) is 5.78. The normalized spacial score (nSPS) is 15.6. The first-order valence-corrected chi connectivity index (χ1v) is 12.0. The Labute approximate surface area is 197 Å². The number of thioether (sulfide) groups is 1. The lowest BCUT2D eigenvalue weighted by Crippen LogP contribution is -2.59. The molecule has 0 aliphatic carbocycles. The molecule has 0 saturated heterocycles. The molecule has 13 heteroatoms. The number of nitrogens with two attached hydrogens (primary N) is 1. The van der Waals surface area contributed by atoms with Gasteiger partial charge in [-0.2, -0.15) is 11.8 Å². The highest BCUT2D eigenvalue weighted by Gasteiger charge is 2.32. The van der Waals surface area contributed by atoms with Crippen molar-refractivity contribution in [1.29, 1.82) is 0 Å². The molecule has 0 bridgehead atoms. The van der Waals surface area contributed by atoms with Crippen LogP contribution in [0.5, 0.6) is 0 Å². The molecule has 12 nitrogen and oxygen atoms in total. The first-order valence-electron chi connectivity index (χ1n) is 10.6. The lowest BCUT2D eigenvalue weighted by molar-refractivity contribution is -0.143. The van der Waals surface area contributed by atoms with E-state index in [0.717, 1.165) is 0 Å². The topological polar surface area (TPSA) is 208 Å². The zero-order valence-electron chi connectivity index (χ0n) is 19.4. The minimum absolute atomic E-state index is 0.0522. The molecule has 0 fully saturated rings. The van der Waals surface area contributed by atoms with E-state index in [1.54, 1.807) is 13.8 Å². The molecule has 190 valence electrons. The summed E-state index contributed by atoms with van der Waals surface area (Å²) in [5, 5.41) is 35.2. The van der Waals surface area contributed by atoms with E-state index in [9.17, 15) is 34.2 Å². The van der Waals surface area contributed by atoms with E-state index in [-0.39, 0.29) is 18.8 Å². The number of hydrogen-bond acceptors (Lipinski definition) is 8. The van der Waals surface area contributed by atoms with E-state index in [2.05, 4.69) is 16.0 Å². The van der Waals surface area contributed by atoms with Crippen molar-refractivity contribution in [2.24, 2.45) is 11.7 Å². The van der Waals surface area contributed by atoms with E-state index >= 15 is 0 Å². The van der Waals surface area contributed by atoms with Gasteiger partial charge < -0.3 is 37.0 Å². The molecule has 0 aromatic carbocycles. The highest BCUT2D eigenvalue weighted by molar-refractivity contribution is 7.98. The molecule has 3 amide bonds. The van der Waals surface area contributed by atoms with Crippen molar-refractivity contribution < 1.29 is 39.3 Å². The van der Waals surface area contributed by atoms with Crippen LogP contribution in [0, 0.1) is 5.92 Å². The molecule has 5 unspecified atom stereocenters. The molecule has 0 aliphatic rings. The summed E-state index contributed by atoms with van der Waals surface area (Å²) in [7, 11) is 0. The van der Waals surface area contributed by atoms with Crippen molar-refractivity contribution in [2.75, 3.05) is 12.0 Å². The van der Waals surface area contributed by atoms with E-state index < -0.39 is 66.4 Å². The van der Waals surface area contributed by atoms with E-state index in [0.29, 0.717) is 12.2 Å². The van der Waals surface area contributed by atoms with Crippen molar-refractivity contribution in [1.82, 2.24) is 16.0 Å². The minimum Gasteiger partial charge on any atom is -0.481 e. The van der Waals surface area contributed by atoms with E-state index in [1.165, 1.54) is 18.7 Å². The largest absolute Gasteiger partial charge is 0.481 e. The fraction of sp³-hybridized carbons (Fsp3) is 0.750. The Kier molecular flexibility index (Phi) is 14.3. The Morgan fingerprint density at radius 2 is 1.45 bits per heavy atom. The molecule has 0 spiro atoms. The van der Waals surface area contributed by atoms with Crippen LogP contribution in [-0.4, -0.2) is 87.3 Å². The number of amides is 3. The maximum Gasteiger partial charge on any atom is 0.326 e. The van der Waals surface area contributed by atoms with Gasteiger partial charge >= 0.3 is 11.9 Å². The second kappa shape index (κ2) is 15.5. The Balaban J connectivity index is 5.45. The fourth-order valence-electron chi connectivity index (χ4n) is 2.80. The van der Waals surface area contributed by atoms with Gasteiger partial charge in [0, 0.05) is 6.42 Å². The van der Waals surface area contributed by atoms with Crippen LogP contribution in [0.3, 0.4) is 0 Å². The average Bonchev–Trinajstić information content (AvgIpc) is 2.71. The number of nitrogens with one attached hydrogen (secondary N) is 3. The number of aliphatic hydroxyl groups excluding tert-OH is 1. The van der Waals surface area contributed by atoms with Crippen LogP contribution in [-0.2, 0) is 24.0 Å². The van der Waals surface area contributed by atoms with E-state index in [1.807, 2.05) is 6.26 Å². The highest BCUT2D eigenvalue weighted by Crippen LogP contribution is 2.08. The predicted octanol–water partition coefficient (Wildman–Crippen LogP) is -1.10. The quantitative estimate of drug-likeness (QED) is 0.138. The maximum atomic E-state index is 12.7. The first-order chi connectivity index (χ1) is 15.3. The average molecular weight is 493 g/mol. The van der Waals surface area contributed by atoms with Crippen molar-refractivity contribution in [3.63, 3.8) is 0 Å². The number of aliphatic carboxylic acids is 2. The third kappa shape index (κ3) is 12.4. The summed E-state index contributed by atoms with van der Waals surface area (Å²) in [6.45, 7) is 4.80. The van der Waals surface area contributed by atoms with Gasteiger partial charge in [0.25, 0.3) is 0 Å². The number of hydrogen-bond donors (Lipinski definition) is 7. The number of carboxylic acids is 2. The molecular weight excluding hydrogens is 456 g/mol. The van der Waals surface area contributed by atoms with Crippen LogP contribution < -0.4 is 21.7 Å². The Morgan fingerprint density at radius 3 is 1.91 bits per heavy atom. The summed E-state index contributed by atoms with van der Waals surface area (Å²) < 4.78 is 0. The van der Waals surface area contributed by atoms with Gasteiger partial charge in [-0.15, -0.1) is 0 Å². The molecule has 0 aromatic rings. The number of aliphatic hydroxyl groups is 1. The Morgan fingerprint density at radius 1 is 0.879 bits per heavy atom. The van der Waals surface area contributed by atoms with Gasteiger partial charge in [-0.1, -0.05) is 13.8 Å². The second-order valence-electron chi connectivity index (χ2n) is 8.14. The lowest BCUT2D eigenvalue weighted by Gasteiger charge is -2.26. The standard InChI is InChI=1S/C20H36N4O8S/c1-10(2)9-14(20(31)32)23-18(29)13(5-6-15(26)27)22-19(30)16(11(3)25)24-17(28)12(21)7-8-33-4/h10-14,16,25H,5-9,21H2,1-4H3,(H,22,30)(H,23,29)(H,24,28)(H,26,27)(H,31,32). The van der Waals surface area contributed by atoms with Gasteiger partial charge in [-0.25, -0.2) is 4.79 Å². The zero-order chi connectivity index (χ0) is 25.7. The van der Waals surface area contributed by atoms with Crippen molar-refractivity contribution in [2.45, 2.75) is 76.7 Å². The molecule has 33 heavy (non-hydrogen) atoms. The van der Waals surface area contributed by atoms with Crippen LogP contribution in [0.15, 0.2) is 0 Å². The summed E-state index contributed by atoms with van der Waals surface area (Å²) in [5.74, 6) is -4.42. The fourth-order valence-corrected chi connectivity index (χ4v) is 3.29. The van der Waals surface area contributed by atoms with Crippen molar-refractivity contribution >= 4 is 41.4 Å². The zero-order valence-corrected chi connectivity index (χ0v) is 20.2. The smallest absolute Gasteiger partial charge is 0.326 e. The Bertz CT molecular complexity index is 689. The summed E-state index contributed by atoms with van der Waals surface area (Å²) in [6, 6.07) is -5.00. The molecule has 8 N–H and O–H groups in total. The number of carbonyl (C=O) groups excluding carboxylic acids is 3. The van der Waals surface area contributed by atoms with Crippen LogP contribution in [0.4, 0.5) is 0 Å². The van der Waals surface area contributed by atoms with Gasteiger partial charge in [0.1, 0.15) is 18.1 Å². The van der Waals surface area contributed by atoms with E-state index in [4.69, 9.17) is 10.8 Å². The summed E-state index contributed by atoms with van der Waals surface area (Å²) in [6.07, 6.45) is 0.158. The van der Waals surface area contributed by atoms with Gasteiger partial charge in [-0.05, 0) is 44.1 Å². The molecule has 0 aromatic heterocycles. The van der Waals surface area contributed by atoms with Gasteiger partial charge in [0.2, 0.25) is 17.7 Å². The molecular formula is C20H36N4O8S. The molecule has 0 aliphatic heterocycles. The van der Waals surface area contributed by atoms with Crippen molar-refractivity contribution in [3.05, 3.63) is 0 Å². The molecule has 0 rings (SSSR count). The van der Waals surface area contributed by atoms with Crippen LogP contribution in [0.1, 0.15) is 46.5 Å². The monoisotopic (exact) mass is 492 g/mol. The molecule has 5 atom stereocenters. The van der Waals surface area contributed by atoms with Crippen molar-refractivity contribution in [3.8, 4) is 0 Å². The minimum atomic E-state index is -1.45. The lowest BCUT2D eigenvalue weighted by atomic mass is 10.0. The summed E-state index contributed by atoms with van der Waals surface area (Å²) in [4.78, 5) is 60.1. The summed E-state index contributed by atoms with van der Waals surface area (Å²) >= 11 is 1.49. The van der Waals surface area contributed by atoms with Gasteiger partial charge in [0.15, 0.2) is 0 Å². The number of carboxylic acid groups (broad SMARTS) is 2. The predicted molar refractivity (Wildman–Crippen MR) is 122 cm³/mol.